The highest BCUT2D eigenvalue weighted by atomic mass is 79.9. The lowest BCUT2D eigenvalue weighted by molar-refractivity contribution is -0.126. The highest BCUT2D eigenvalue weighted by Gasteiger charge is 2.27. The van der Waals surface area contributed by atoms with E-state index < -0.39 is 0 Å². The van der Waals surface area contributed by atoms with Crippen molar-refractivity contribution in [3.8, 4) is 5.75 Å². The molecule has 0 aromatic heterocycles. The van der Waals surface area contributed by atoms with Crippen LogP contribution >= 0.6 is 15.9 Å². The first-order valence-corrected chi connectivity index (χ1v) is 7.54. The second kappa shape index (κ2) is 7.61. The minimum Gasteiger partial charge on any atom is -0.492 e. The Balaban J connectivity index is 1.84. The van der Waals surface area contributed by atoms with Gasteiger partial charge in [-0.3, -0.25) is 9.69 Å². The van der Waals surface area contributed by atoms with Gasteiger partial charge in [-0.05, 0) is 18.2 Å². The van der Waals surface area contributed by atoms with Crippen molar-refractivity contribution in [1.29, 1.82) is 0 Å². The summed E-state index contributed by atoms with van der Waals surface area (Å²) in [5.74, 6) is 0.894. The first-order valence-electron chi connectivity index (χ1n) is 6.75. The molecule has 1 aromatic carbocycles. The first-order chi connectivity index (χ1) is 9.70. The summed E-state index contributed by atoms with van der Waals surface area (Å²) in [6.45, 7) is 3.77. The van der Waals surface area contributed by atoms with E-state index in [1.807, 2.05) is 24.3 Å². The van der Waals surface area contributed by atoms with E-state index in [0.717, 1.165) is 29.9 Å². The van der Waals surface area contributed by atoms with Crippen molar-refractivity contribution >= 4 is 21.8 Å². The van der Waals surface area contributed by atoms with E-state index in [4.69, 9.17) is 4.74 Å². The van der Waals surface area contributed by atoms with Gasteiger partial charge < -0.3 is 15.4 Å². The standard InChI is InChI=1S/C14H20BrN3O2/c1-16-14(19)13-10-17-5-6-18(13)7-8-20-12-4-2-3-11(15)9-12/h2-4,9,13,17H,5-8,10H2,1H3,(H,16,19). The second-order valence-corrected chi connectivity index (χ2v) is 5.59. The normalized spacial score (nSPS) is 19.6. The molecular formula is C14H20BrN3O2. The summed E-state index contributed by atoms with van der Waals surface area (Å²) in [6, 6.07) is 7.66. The summed E-state index contributed by atoms with van der Waals surface area (Å²) in [5, 5.41) is 5.96. The van der Waals surface area contributed by atoms with E-state index in [2.05, 4.69) is 31.5 Å². The predicted molar refractivity (Wildman–Crippen MR) is 81.9 cm³/mol. The minimum atomic E-state index is -0.111. The highest BCUT2D eigenvalue weighted by molar-refractivity contribution is 9.10. The van der Waals surface area contributed by atoms with Crippen LogP contribution in [0.5, 0.6) is 5.75 Å². The van der Waals surface area contributed by atoms with Gasteiger partial charge in [-0.2, -0.15) is 0 Å². The number of nitrogens with zero attached hydrogens (tertiary/aromatic N) is 1. The number of likely N-dealkylation sites (N-methyl/N-ethyl adjacent to an activating group) is 1. The molecule has 1 aliphatic rings. The monoisotopic (exact) mass is 341 g/mol. The zero-order valence-corrected chi connectivity index (χ0v) is 13.1. The fourth-order valence-corrected chi connectivity index (χ4v) is 2.65. The molecule has 1 aliphatic heterocycles. The van der Waals surface area contributed by atoms with E-state index >= 15 is 0 Å². The molecule has 1 fully saturated rings. The molecule has 6 heteroatoms. The maximum Gasteiger partial charge on any atom is 0.238 e. The van der Waals surface area contributed by atoms with Gasteiger partial charge >= 0.3 is 0 Å². The number of piperazine rings is 1. The fourth-order valence-electron chi connectivity index (χ4n) is 2.28. The van der Waals surface area contributed by atoms with Gasteiger partial charge in [0, 0.05) is 37.7 Å². The van der Waals surface area contributed by atoms with Crippen LogP contribution in [0.25, 0.3) is 0 Å². The van der Waals surface area contributed by atoms with Crippen molar-refractivity contribution in [2.75, 3.05) is 39.8 Å². The van der Waals surface area contributed by atoms with Crippen molar-refractivity contribution in [3.05, 3.63) is 28.7 Å². The lowest BCUT2D eigenvalue weighted by atomic mass is 10.2. The summed E-state index contributed by atoms with van der Waals surface area (Å²) in [6.07, 6.45) is 0. The molecular weight excluding hydrogens is 322 g/mol. The molecule has 0 bridgehead atoms. The smallest absolute Gasteiger partial charge is 0.238 e. The van der Waals surface area contributed by atoms with E-state index in [1.165, 1.54) is 0 Å². The quantitative estimate of drug-likeness (QED) is 0.833. The van der Waals surface area contributed by atoms with E-state index in [-0.39, 0.29) is 11.9 Å². The number of ether oxygens (including phenoxy) is 1. The number of benzene rings is 1. The van der Waals surface area contributed by atoms with Crippen LogP contribution in [0.3, 0.4) is 0 Å². The number of rotatable bonds is 5. The lowest BCUT2D eigenvalue weighted by Crippen LogP contribution is -2.58. The third-order valence-corrected chi connectivity index (χ3v) is 3.84. The molecule has 2 rings (SSSR count). The number of hydrogen-bond acceptors (Lipinski definition) is 4. The molecule has 1 saturated heterocycles. The van der Waals surface area contributed by atoms with Gasteiger partial charge in [0.25, 0.3) is 0 Å². The molecule has 1 atom stereocenters. The first kappa shape index (κ1) is 15.3. The van der Waals surface area contributed by atoms with Crippen molar-refractivity contribution in [2.45, 2.75) is 6.04 Å². The molecule has 1 amide bonds. The second-order valence-electron chi connectivity index (χ2n) is 4.68. The Hall–Kier alpha value is -1.11. The van der Waals surface area contributed by atoms with Gasteiger partial charge in [0.05, 0.1) is 0 Å². The third kappa shape index (κ3) is 4.19. The Labute approximate surface area is 127 Å². The Morgan fingerprint density at radius 3 is 3.20 bits per heavy atom. The summed E-state index contributed by atoms with van der Waals surface area (Å²) in [5.41, 5.74) is 0. The van der Waals surface area contributed by atoms with Crippen molar-refractivity contribution in [2.24, 2.45) is 0 Å². The molecule has 2 N–H and O–H groups in total. The maximum atomic E-state index is 11.8. The number of nitrogens with one attached hydrogen (secondary N) is 2. The molecule has 20 heavy (non-hydrogen) atoms. The van der Waals surface area contributed by atoms with Crippen molar-refractivity contribution in [1.82, 2.24) is 15.5 Å². The predicted octanol–water partition coefficient (Wildman–Crippen LogP) is 0.848. The number of amides is 1. The molecule has 1 unspecified atom stereocenters. The lowest BCUT2D eigenvalue weighted by Gasteiger charge is -2.34. The van der Waals surface area contributed by atoms with Crippen LogP contribution in [-0.2, 0) is 4.79 Å². The van der Waals surface area contributed by atoms with Crippen molar-refractivity contribution in [3.63, 3.8) is 0 Å². The topological polar surface area (TPSA) is 53.6 Å². The summed E-state index contributed by atoms with van der Waals surface area (Å²) < 4.78 is 6.73. The van der Waals surface area contributed by atoms with Crippen molar-refractivity contribution < 1.29 is 9.53 Å². The van der Waals surface area contributed by atoms with Crippen LogP contribution in [0.2, 0.25) is 0 Å². The van der Waals surface area contributed by atoms with Crippen LogP contribution in [0.4, 0.5) is 0 Å². The molecule has 1 heterocycles. The zero-order valence-electron chi connectivity index (χ0n) is 11.6. The number of carbonyl (C=O) groups is 1. The Kier molecular flexibility index (Phi) is 5.82. The summed E-state index contributed by atoms with van der Waals surface area (Å²) >= 11 is 3.42. The minimum absolute atomic E-state index is 0.0552. The maximum absolute atomic E-state index is 11.8. The molecule has 0 radical (unpaired) electrons. The number of carbonyl (C=O) groups excluding carboxylic acids is 1. The number of hydrogen-bond donors (Lipinski definition) is 2. The van der Waals surface area contributed by atoms with Crippen LogP contribution < -0.4 is 15.4 Å². The van der Waals surface area contributed by atoms with E-state index in [0.29, 0.717) is 13.2 Å². The van der Waals surface area contributed by atoms with Gasteiger partial charge in [-0.15, -0.1) is 0 Å². The van der Waals surface area contributed by atoms with Crippen LogP contribution in [0.15, 0.2) is 28.7 Å². The van der Waals surface area contributed by atoms with Gasteiger partial charge in [-0.25, -0.2) is 0 Å². The summed E-state index contributed by atoms with van der Waals surface area (Å²) in [7, 11) is 1.67. The SMILES string of the molecule is CNC(=O)C1CNCCN1CCOc1cccc(Br)c1. The Bertz CT molecular complexity index is 456. The van der Waals surface area contributed by atoms with Crippen LogP contribution in [-0.4, -0.2) is 56.7 Å². The molecule has 110 valence electrons. The average Bonchev–Trinajstić information content (AvgIpc) is 2.47. The highest BCUT2D eigenvalue weighted by Crippen LogP contribution is 2.17. The Morgan fingerprint density at radius 1 is 1.60 bits per heavy atom. The summed E-state index contributed by atoms with van der Waals surface area (Å²) in [4.78, 5) is 14.0. The van der Waals surface area contributed by atoms with Crippen LogP contribution in [0, 0.1) is 0 Å². The van der Waals surface area contributed by atoms with Gasteiger partial charge in [-0.1, -0.05) is 22.0 Å². The largest absolute Gasteiger partial charge is 0.492 e. The zero-order chi connectivity index (χ0) is 14.4. The van der Waals surface area contributed by atoms with E-state index in [1.54, 1.807) is 7.05 Å². The third-order valence-electron chi connectivity index (χ3n) is 3.35. The number of halogens is 1. The Morgan fingerprint density at radius 2 is 2.45 bits per heavy atom. The van der Waals surface area contributed by atoms with Crippen LogP contribution in [0.1, 0.15) is 0 Å². The molecule has 0 aliphatic carbocycles. The van der Waals surface area contributed by atoms with Gasteiger partial charge in [0.2, 0.25) is 5.91 Å². The molecule has 5 nitrogen and oxygen atoms in total. The van der Waals surface area contributed by atoms with E-state index in [9.17, 15) is 4.79 Å². The molecule has 1 aromatic rings. The van der Waals surface area contributed by atoms with Gasteiger partial charge in [0.15, 0.2) is 0 Å². The molecule has 0 spiro atoms. The average molecular weight is 342 g/mol. The molecule has 0 saturated carbocycles. The van der Waals surface area contributed by atoms with Gasteiger partial charge in [0.1, 0.15) is 18.4 Å². The fraction of sp³-hybridized carbons (Fsp3) is 0.500.